The number of carbonyl (C=O) groups excluding carboxylic acids is 2. The zero-order valence-electron chi connectivity index (χ0n) is 18.7. The molecular formula is C28H27NO4. The third kappa shape index (κ3) is 4.08. The van der Waals surface area contributed by atoms with E-state index in [2.05, 4.69) is 0 Å². The quantitative estimate of drug-likeness (QED) is 0.445. The zero-order chi connectivity index (χ0) is 23.4. The number of rotatable bonds is 6. The maximum Gasteiger partial charge on any atom is 0.330 e. The van der Waals surface area contributed by atoms with E-state index in [0.717, 1.165) is 11.1 Å². The molecular weight excluding hydrogens is 414 g/mol. The molecule has 1 amide bonds. The third-order valence-electron chi connectivity index (χ3n) is 6.10. The summed E-state index contributed by atoms with van der Waals surface area (Å²) in [5.74, 6) is -1.68. The Morgan fingerprint density at radius 2 is 1.61 bits per heavy atom. The Morgan fingerprint density at radius 3 is 2.24 bits per heavy atom. The van der Waals surface area contributed by atoms with Crippen LogP contribution in [-0.2, 0) is 19.9 Å². The highest BCUT2D eigenvalue weighted by Crippen LogP contribution is 2.52. The topological polar surface area (TPSA) is 66.8 Å². The second-order valence-electron chi connectivity index (χ2n) is 8.08. The zero-order valence-corrected chi connectivity index (χ0v) is 18.7. The molecule has 1 saturated heterocycles. The van der Waals surface area contributed by atoms with Crippen molar-refractivity contribution in [2.75, 3.05) is 11.5 Å². The Balaban J connectivity index is 1.95. The van der Waals surface area contributed by atoms with Crippen LogP contribution >= 0.6 is 0 Å². The molecule has 0 unspecified atom stereocenters. The van der Waals surface area contributed by atoms with Crippen molar-refractivity contribution in [3.05, 3.63) is 114 Å². The lowest BCUT2D eigenvalue weighted by atomic mass is 9.77. The molecule has 5 heteroatoms. The highest BCUT2D eigenvalue weighted by molar-refractivity contribution is 6.04. The number of ether oxygens (including phenoxy) is 1. The van der Waals surface area contributed by atoms with Gasteiger partial charge in [0.2, 0.25) is 0 Å². The summed E-state index contributed by atoms with van der Waals surface area (Å²) in [4.78, 5) is 27.9. The summed E-state index contributed by atoms with van der Waals surface area (Å²) in [6.07, 6.45) is 2.93. The van der Waals surface area contributed by atoms with Gasteiger partial charge in [0.15, 0.2) is 5.60 Å². The van der Waals surface area contributed by atoms with Crippen LogP contribution in [0.4, 0.5) is 5.69 Å². The molecule has 0 bridgehead atoms. The molecule has 4 rings (SSSR count). The van der Waals surface area contributed by atoms with Crippen molar-refractivity contribution in [2.24, 2.45) is 5.92 Å². The molecule has 5 nitrogen and oxygen atoms in total. The number of aryl methyl sites for hydroxylation is 1. The molecule has 1 aliphatic rings. The average molecular weight is 442 g/mol. The lowest BCUT2D eigenvalue weighted by Crippen LogP contribution is -2.41. The van der Waals surface area contributed by atoms with Crippen LogP contribution in [0.25, 0.3) is 0 Å². The van der Waals surface area contributed by atoms with Crippen molar-refractivity contribution in [3.63, 3.8) is 0 Å². The number of amides is 1. The molecule has 0 aliphatic carbocycles. The smallest absolute Gasteiger partial charge is 0.330 e. The fourth-order valence-electron chi connectivity index (χ4n) is 4.63. The van der Waals surface area contributed by atoms with E-state index in [0.29, 0.717) is 11.3 Å². The molecule has 0 saturated carbocycles. The van der Waals surface area contributed by atoms with E-state index < -0.39 is 29.4 Å². The lowest BCUT2D eigenvalue weighted by molar-refractivity contribution is -0.138. The van der Waals surface area contributed by atoms with Crippen LogP contribution in [0.3, 0.4) is 0 Å². The Hall–Kier alpha value is -3.70. The van der Waals surface area contributed by atoms with Crippen LogP contribution in [0.1, 0.15) is 29.7 Å². The molecule has 0 spiro atoms. The highest BCUT2D eigenvalue weighted by Gasteiger charge is 2.59. The standard InChI is InChI=1S/C28H27NO4/c1-3-33-25(30)19-18-24-26(21-13-6-4-7-14-21)29(22-15-8-5-9-16-22)27(31)28(24,32)23-17-11-10-12-20(23)2/h4-19,24,26,32H,3H2,1-2H3/b19-18+/t24-,26-,28+/m1/s1. The molecule has 0 aromatic heterocycles. The van der Waals surface area contributed by atoms with Crippen LogP contribution in [-0.4, -0.2) is 23.6 Å². The first kappa shape index (κ1) is 22.5. The summed E-state index contributed by atoms with van der Waals surface area (Å²) in [6.45, 7) is 3.85. The van der Waals surface area contributed by atoms with Crippen LogP contribution in [0, 0.1) is 12.8 Å². The molecule has 3 atom stereocenters. The molecule has 0 radical (unpaired) electrons. The van der Waals surface area contributed by atoms with Crippen molar-refractivity contribution in [1.82, 2.24) is 0 Å². The Labute approximate surface area is 193 Å². The van der Waals surface area contributed by atoms with Gasteiger partial charge in [0.05, 0.1) is 12.6 Å². The molecule has 1 fully saturated rings. The second kappa shape index (κ2) is 9.43. The van der Waals surface area contributed by atoms with E-state index in [9.17, 15) is 14.7 Å². The average Bonchev–Trinajstić information content (AvgIpc) is 3.06. The largest absolute Gasteiger partial charge is 0.463 e. The predicted molar refractivity (Wildman–Crippen MR) is 127 cm³/mol. The van der Waals surface area contributed by atoms with Crippen LogP contribution in [0.5, 0.6) is 0 Å². The predicted octanol–water partition coefficient (Wildman–Crippen LogP) is 4.71. The van der Waals surface area contributed by atoms with Gasteiger partial charge in [-0.1, -0.05) is 78.9 Å². The van der Waals surface area contributed by atoms with Gasteiger partial charge in [-0.3, -0.25) is 4.79 Å². The van der Waals surface area contributed by atoms with Gasteiger partial charge in [-0.05, 0) is 42.7 Å². The number of hydrogen-bond donors (Lipinski definition) is 1. The second-order valence-corrected chi connectivity index (χ2v) is 8.08. The SMILES string of the molecule is CCOC(=O)/C=C/[C@@H]1[C@@H](c2ccccc2)N(c2ccccc2)C(=O)[C@]1(O)c1ccccc1C. The molecule has 3 aromatic carbocycles. The fourth-order valence-corrected chi connectivity index (χ4v) is 4.63. The first-order chi connectivity index (χ1) is 16.0. The van der Waals surface area contributed by atoms with E-state index >= 15 is 0 Å². The highest BCUT2D eigenvalue weighted by atomic mass is 16.5. The van der Waals surface area contributed by atoms with Gasteiger partial charge >= 0.3 is 5.97 Å². The monoisotopic (exact) mass is 441 g/mol. The minimum Gasteiger partial charge on any atom is -0.463 e. The van der Waals surface area contributed by atoms with Gasteiger partial charge in [-0.25, -0.2) is 4.79 Å². The molecule has 1 aliphatic heterocycles. The summed E-state index contributed by atoms with van der Waals surface area (Å²) in [5, 5.41) is 12.2. The van der Waals surface area contributed by atoms with E-state index in [1.54, 1.807) is 24.0 Å². The number of benzene rings is 3. The maximum atomic E-state index is 14.1. The van der Waals surface area contributed by atoms with E-state index in [1.807, 2.05) is 85.8 Å². The number of hydrogen-bond acceptors (Lipinski definition) is 4. The van der Waals surface area contributed by atoms with Crippen molar-refractivity contribution >= 4 is 17.6 Å². The van der Waals surface area contributed by atoms with Gasteiger partial charge in [0, 0.05) is 17.7 Å². The molecule has 1 heterocycles. The number of para-hydroxylation sites is 1. The van der Waals surface area contributed by atoms with Crippen LogP contribution in [0.2, 0.25) is 0 Å². The summed E-state index contributed by atoms with van der Waals surface area (Å²) < 4.78 is 5.07. The van der Waals surface area contributed by atoms with E-state index in [4.69, 9.17) is 4.74 Å². The number of anilines is 1. The maximum absolute atomic E-state index is 14.1. The van der Waals surface area contributed by atoms with Crippen molar-refractivity contribution in [2.45, 2.75) is 25.5 Å². The number of aliphatic hydroxyl groups is 1. The minimum atomic E-state index is -1.87. The van der Waals surface area contributed by atoms with E-state index in [-0.39, 0.29) is 6.61 Å². The summed E-state index contributed by atoms with van der Waals surface area (Å²) in [6, 6.07) is 25.7. The van der Waals surface area contributed by atoms with Crippen molar-refractivity contribution in [1.29, 1.82) is 0 Å². The Bertz CT molecular complexity index is 1160. The Kier molecular flexibility index (Phi) is 6.43. The first-order valence-electron chi connectivity index (χ1n) is 11.1. The van der Waals surface area contributed by atoms with E-state index in [1.165, 1.54) is 6.08 Å². The number of carbonyl (C=O) groups is 2. The molecule has 33 heavy (non-hydrogen) atoms. The van der Waals surface area contributed by atoms with Gasteiger partial charge in [-0.15, -0.1) is 0 Å². The summed E-state index contributed by atoms with van der Waals surface area (Å²) in [7, 11) is 0. The first-order valence-corrected chi connectivity index (χ1v) is 11.1. The van der Waals surface area contributed by atoms with Gasteiger partial charge < -0.3 is 14.7 Å². The van der Waals surface area contributed by atoms with Gasteiger partial charge in [0.25, 0.3) is 5.91 Å². The molecule has 3 aromatic rings. The van der Waals surface area contributed by atoms with Crippen molar-refractivity contribution < 1.29 is 19.4 Å². The van der Waals surface area contributed by atoms with Gasteiger partial charge in [-0.2, -0.15) is 0 Å². The number of esters is 1. The summed E-state index contributed by atoms with van der Waals surface area (Å²) >= 11 is 0. The molecule has 168 valence electrons. The molecule has 1 N–H and O–H groups in total. The normalized spacial score (nSPS) is 22.6. The van der Waals surface area contributed by atoms with Gasteiger partial charge in [0.1, 0.15) is 0 Å². The summed E-state index contributed by atoms with van der Waals surface area (Å²) in [5.41, 5.74) is 0.982. The lowest BCUT2D eigenvalue weighted by Gasteiger charge is -2.29. The third-order valence-corrected chi connectivity index (χ3v) is 6.10. The number of nitrogens with zero attached hydrogens (tertiary/aromatic N) is 1. The van der Waals surface area contributed by atoms with Crippen LogP contribution in [0.15, 0.2) is 97.1 Å². The Morgan fingerprint density at radius 1 is 1.00 bits per heavy atom. The van der Waals surface area contributed by atoms with Crippen molar-refractivity contribution in [3.8, 4) is 0 Å². The minimum absolute atomic E-state index is 0.243. The van der Waals surface area contributed by atoms with Crippen LogP contribution < -0.4 is 4.90 Å². The fraction of sp³-hybridized carbons (Fsp3) is 0.214.